The molecule has 0 aliphatic carbocycles. The molecule has 0 fully saturated rings. The molecule has 0 saturated carbocycles. The fraction of sp³-hybridized carbons (Fsp3) is 0.308. The van der Waals surface area contributed by atoms with E-state index in [0.29, 0.717) is 23.7 Å². The standard InChI is InChI=1S/C39H45N2P.Au.2ClH.Cu/c1-27(2)33-21-15-22-34(28(3)4)38(33)40-25-37(42(31-17-11-9-12-18-31)32-19-13-10-14-20-32)41(26-40)39-35(29(5)6)23-16-24-36(39)30(7)8;;;;/h9-25,27-30H,1-8H3;;2*1H;/q;+1;;;+1/p-2. The maximum absolute atomic E-state index is 4.58. The topological polar surface area (TPSA) is 6.48 Å². The molecule has 5 rings (SSSR count). The molecule has 46 heavy (non-hydrogen) atoms. The van der Waals surface area contributed by atoms with E-state index in [1.807, 2.05) is 0 Å². The van der Waals surface area contributed by atoms with Gasteiger partial charge in [0.2, 0.25) is 6.67 Å². The van der Waals surface area contributed by atoms with Crippen molar-refractivity contribution in [3.63, 3.8) is 0 Å². The summed E-state index contributed by atoms with van der Waals surface area (Å²) in [6.45, 7) is 22.4. The Morgan fingerprint density at radius 1 is 0.543 bits per heavy atom. The molecule has 1 aliphatic heterocycles. The molecule has 0 unspecified atom stereocenters. The number of para-hydroxylation sites is 2. The number of hydrogen-bond donors (Lipinski definition) is 0. The van der Waals surface area contributed by atoms with E-state index in [1.165, 1.54) is 49.7 Å². The van der Waals surface area contributed by atoms with Gasteiger partial charge < -0.3 is 9.80 Å². The van der Waals surface area contributed by atoms with Crippen molar-refractivity contribution < 1.29 is 35.1 Å². The van der Waals surface area contributed by atoms with Gasteiger partial charge in [-0.25, -0.2) is 0 Å². The molecular formula is C39H45AuCl2CuN2P. The SMILES string of the molecule is CC(C)c1cccc(C(C)C)c1N1[C]N(c2c(C(C)C)cccc2C(C)C)C(P(c2ccccc2)c2ccccc2)=C1.[Cl][Au].[Cl][Cu]. The van der Waals surface area contributed by atoms with E-state index in [4.69, 9.17) is 0 Å². The minimum atomic E-state index is -0.862. The fourth-order valence-corrected chi connectivity index (χ4v) is 8.27. The Labute approximate surface area is 308 Å². The summed E-state index contributed by atoms with van der Waals surface area (Å²) in [7, 11) is 7.92. The predicted octanol–water partition coefficient (Wildman–Crippen LogP) is 11.8. The third-order valence-electron chi connectivity index (χ3n) is 8.09. The van der Waals surface area contributed by atoms with E-state index >= 15 is 0 Å². The molecular weight excluding hydrogens is 859 g/mol. The van der Waals surface area contributed by atoms with Crippen LogP contribution < -0.4 is 20.4 Å². The third kappa shape index (κ3) is 8.93. The number of nitrogens with zero attached hydrogens (tertiary/aromatic N) is 2. The molecule has 0 aromatic heterocycles. The van der Waals surface area contributed by atoms with Crippen LogP contribution in [-0.4, -0.2) is 0 Å². The van der Waals surface area contributed by atoms with Gasteiger partial charge in [-0.3, -0.25) is 0 Å². The van der Waals surface area contributed by atoms with Crippen LogP contribution in [0.15, 0.2) is 109 Å². The van der Waals surface area contributed by atoms with Gasteiger partial charge in [-0.15, -0.1) is 0 Å². The quantitative estimate of drug-likeness (QED) is 0.122. The van der Waals surface area contributed by atoms with Crippen LogP contribution in [0, 0.1) is 6.67 Å². The summed E-state index contributed by atoms with van der Waals surface area (Å²) in [5, 5.41) is 2.68. The molecule has 4 aromatic rings. The van der Waals surface area contributed by atoms with Crippen LogP contribution in [0.25, 0.3) is 0 Å². The first-order chi connectivity index (χ1) is 22.2. The van der Waals surface area contributed by atoms with Crippen molar-refractivity contribution in [3.8, 4) is 0 Å². The minimum absolute atomic E-state index is 0.379. The van der Waals surface area contributed by atoms with Crippen LogP contribution in [0.5, 0.6) is 0 Å². The van der Waals surface area contributed by atoms with Crippen molar-refractivity contribution in [1.82, 2.24) is 0 Å². The first-order valence-corrected chi connectivity index (χ1v) is 21.0. The zero-order valence-electron chi connectivity index (χ0n) is 27.8. The van der Waals surface area contributed by atoms with Gasteiger partial charge in [0.25, 0.3) is 0 Å². The van der Waals surface area contributed by atoms with E-state index in [1.54, 1.807) is 20.0 Å². The van der Waals surface area contributed by atoms with Gasteiger partial charge in [0, 0.05) is 14.1 Å². The summed E-state index contributed by atoms with van der Waals surface area (Å²) in [5.74, 6) is 1.55. The van der Waals surface area contributed by atoms with Crippen LogP contribution >= 0.6 is 27.2 Å². The summed E-state index contributed by atoms with van der Waals surface area (Å²) >= 11 is 5.41. The molecule has 0 amide bonds. The van der Waals surface area contributed by atoms with Gasteiger partial charge in [0.05, 0.1) is 16.8 Å². The summed E-state index contributed by atoms with van der Waals surface area (Å²) in [6, 6.07) is 35.7. The van der Waals surface area contributed by atoms with Gasteiger partial charge in [-0.05, 0) is 56.5 Å². The monoisotopic (exact) mass is 902 g/mol. The molecule has 4 aromatic carbocycles. The number of anilines is 2. The summed E-state index contributed by atoms with van der Waals surface area (Å²) in [5.41, 5.74) is 9.27. The van der Waals surface area contributed by atoms with Gasteiger partial charge in [0.15, 0.2) is 0 Å². The number of hydrogen-bond acceptors (Lipinski definition) is 2. The van der Waals surface area contributed by atoms with Crippen LogP contribution in [0.2, 0.25) is 0 Å². The van der Waals surface area contributed by atoms with E-state index in [-0.39, 0.29) is 0 Å². The molecule has 1 aliphatic rings. The number of rotatable bonds is 9. The second kappa shape index (κ2) is 18.9. The Balaban J connectivity index is 0.00000139. The maximum atomic E-state index is 4.58. The van der Waals surface area contributed by atoms with E-state index < -0.39 is 7.92 Å². The first kappa shape index (κ1) is 38.9. The zero-order valence-corrected chi connectivity index (χ0v) is 33.3. The van der Waals surface area contributed by atoms with Gasteiger partial charge in [0.1, 0.15) is 0 Å². The molecule has 2 nitrogen and oxygen atoms in total. The van der Waals surface area contributed by atoms with Gasteiger partial charge in [-0.2, -0.15) is 0 Å². The molecule has 7 heteroatoms. The second-order valence-electron chi connectivity index (χ2n) is 12.5. The third-order valence-corrected chi connectivity index (χ3v) is 10.5. The zero-order chi connectivity index (χ0) is 34.0. The molecule has 252 valence electrons. The molecule has 0 saturated heterocycles. The molecule has 0 spiro atoms. The van der Waals surface area contributed by atoms with Crippen molar-refractivity contribution in [2.75, 3.05) is 9.80 Å². The van der Waals surface area contributed by atoms with Crippen LogP contribution in [-0.2, 0) is 35.1 Å². The Hall–Kier alpha value is -1.51. The summed E-state index contributed by atoms with van der Waals surface area (Å²) in [4.78, 5) is 4.75. The average Bonchev–Trinajstić information content (AvgIpc) is 3.51. The summed E-state index contributed by atoms with van der Waals surface area (Å²) in [6.07, 6.45) is 2.39. The Bertz CT molecular complexity index is 1450. The molecule has 0 bridgehead atoms. The Morgan fingerprint density at radius 2 is 0.891 bits per heavy atom. The van der Waals surface area contributed by atoms with E-state index in [0.717, 1.165) is 0 Å². The predicted molar refractivity (Wildman–Crippen MR) is 196 cm³/mol. The molecule has 0 N–H and O–H groups in total. The van der Waals surface area contributed by atoms with Gasteiger partial charge >= 0.3 is 54.4 Å². The van der Waals surface area contributed by atoms with Crippen LogP contribution in [0.3, 0.4) is 0 Å². The van der Waals surface area contributed by atoms with Gasteiger partial charge in [-0.1, -0.05) is 152 Å². The molecule has 0 atom stereocenters. The van der Waals surface area contributed by atoms with Crippen molar-refractivity contribution in [2.24, 2.45) is 0 Å². The van der Waals surface area contributed by atoms with E-state index in [2.05, 4.69) is 210 Å². The average molecular weight is 904 g/mol. The number of benzene rings is 4. The van der Waals surface area contributed by atoms with Crippen molar-refractivity contribution >= 4 is 49.2 Å². The molecule has 1 heterocycles. The Kier molecular flexibility index (Phi) is 16.0. The van der Waals surface area contributed by atoms with Crippen LogP contribution in [0.4, 0.5) is 11.4 Å². The summed E-state index contributed by atoms with van der Waals surface area (Å²) < 4.78 is 0. The second-order valence-corrected chi connectivity index (χ2v) is 14.6. The fourth-order valence-electron chi connectivity index (χ4n) is 5.93. The molecule has 2 radical (unpaired) electrons. The number of halogens is 2. The van der Waals surface area contributed by atoms with Crippen molar-refractivity contribution in [2.45, 2.75) is 79.1 Å². The van der Waals surface area contributed by atoms with Crippen molar-refractivity contribution in [1.29, 1.82) is 0 Å². The first-order valence-electron chi connectivity index (χ1n) is 15.6. The Morgan fingerprint density at radius 3 is 1.24 bits per heavy atom. The van der Waals surface area contributed by atoms with Crippen LogP contribution in [0.1, 0.15) is 101 Å². The van der Waals surface area contributed by atoms with Crippen molar-refractivity contribution in [3.05, 3.63) is 138 Å². The van der Waals surface area contributed by atoms with E-state index in [9.17, 15) is 0 Å². The normalized spacial score (nSPS) is 12.9.